The molecular weight excluding hydrogens is 182 g/mol. The predicted octanol–water partition coefficient (Wildman–Crippen LogP) is 0.229. The van der Waals surface area contributed by atoms with Crippen molar-refractivity contribution in [2.45, 2.75) is 6.92 Å². The van der Waals surface area contributed by atoms with Gasteiger partial charge >= 0.3 is 0 Å². The molecule has 1 aromatic rings. The van der Waals surface area contributed by atoms with E-state index in [4.69, 9.17) is 0 Å². The largest absolute Gasteiger partial charge is 0.359 e. The minimum atomic E-state index is -0.0509. The number of carbonyl (C=O) groups is 1. The number of hydrogen-bond acceptors (Lipinski definition) is 3. The molecule has 0 bridgehead atoms. The van der Waals surface area contributed by atoms with Crippen molar-refractivity contribution in [2.24, 2.45) is 4.99 Å². The van der Waals surface area contributed by atoms with Crippen LogP contribution in [-0.4, -0.2) is 36.0 Å². The van der Waals surface area contributed by atoms with Gasteiger partial charge in [0.15, 0.2) is 17.6 Å². The van der Waals surface area contributed by atoms with Crippen LogP contribution < -0.4 is 10.6 Å². The molecule has 3 N–H and O–H groups in total. The second kappa shape index (κ2) is 4.40. The van der Waals surface area contributed by atoms with Crippen LogP contribution in [0.3, 0.4) is 0 Å². The minimum Gasteiger partial charge on any atom is -0.359 e. The number of Topliss-reactive ketones (excluding diaryl/α,β-unsaturated/α-hetero) is 1. The van der Waals surface area contributed by atoms with Crippen molar-refractivity contribution in [3.8, 4) is 0 Å². The van der Waals surface area contributed by atoms with Gasteiger partial charge in [0.25, 0.3) is 0 Å². The number of anilines is 1. The van der Waals surface area contributed by atoms with E-state index in [0.29, 0.717) is 17.5 Å². The van der Waals surface area contributed by atoms with Crippen molar-refractivity contribution < 1.29 is 4.79 Å². The normalized spacial score (nSPS) is 11.2. The van der Waals surface area contributed by atoms with Gasteiger partial charge in [0.1, 0.15) is 5.69 Å². The number of rotatable bonds is 2. The Morgan fingerprint density at radius 1 is 1.64 bits per heavy atom. The first-order chi connectivity index (χ1) is 6.67. The van der Waals surface area contributed by atoms with E-state index in [0.717, 1.165) is 0 Å². The zero-order chi connectivity index (χ0) is 10.6. The van der Waals surface area contributed by atoms with Crippen molar-refractivity contribution in [2.75, 3.05) is 19.4 Å². The van der Waals surface area contributed by atoms with Gasteiger partial charge in [-0.3, -0.25) is 14.9 Å². The third-order valence-electron chi connectivity index (χ3n) is 1.66. The number of aromatic amines is 1. The summed E-state index contributed by atoms with van der Waals surface area (Å²) in [5, 5.41) is 12.2. The summed E-state index contributed by atoms with van der Waals surface area (Å²) in [4.78, 5) is 14.9. The van der Waals surface area contributed by atoms with Crippen molar-refractivity contribution in [1.82, 2.24) is 15.5 Å². The molecule has 0 radical (unpaired) electrons. The average Bonchev–Trinajstić information content (AvgIpc) is 2.62. The Kier molecular flexibility index (Phi) is 3.22. The van der Waals surface area contributed by atoms with Crippen molar-refractivity contribution >= 4 is 17.6 Å². The highest BCUT2D eigenvalue weighted by molar-refractivity contribution is 5.96. The number of carbonyl (C=O) groups excluding carboxylic acids is 1. The smallest absolute Gasteiger partial charge is 0.196 e. The first-order valence-corrected chi connectivity index (χ1v) is 4.15. The topological polar surface area (TPSA) is 82.2 Å². The van der Waals surface area contributed by atoms with E-state index in [1.165, 1.54) is 6.92 Å². The van der Waals surface area contributed by atoms with Crippen LogP contribution in [0.5, 0.6) is 0 Å². The molecule has 0 aliphatic carbocycles. The summed E-state index contributed by atoms with van der Waals surface area (Å²) in [6, 6.07) is 1.63. The van der Waals surface area contributed by atoms with Crippen LogP contribution in [-0.2, 0) is 0 Å². The van der Waals surface area contributed by atoms with E-state index < -0.39 is 0 Å². The standard InChI is InChI=1S/C8H13N5O/c1-5(14)6-4-7(13-12-6)11-8(9-2)10-3/h4H,1-3H3,(H3,9,10,11,12,13). The second-order valence-electron chi connectivity index (χ2n) is 2.67. The number of hydrogen-bond donors (Lipinski definition) is 3. The van der Waals surface area contributed by atoms with Crippen LogP contribution in [0.1, 0.15) is 17.4 Å². The van der Waals surface area contributed by atoms with Crippen LogP contribution >= 0.6 is 0 Å². The van der Waals surface area contributed by atoms with Gasteiger partial charge in [-0.1, -0.05) is 0 Å². The quantitative estimate of drug-likeness (QED) is 0.358. The number of guanidine groups is 1. The highest BCUT2D eigenvalue weighted by Gasteiger charge is 2.05. The molecule has 1 heterocycles. The predicted molar refractivity (Wildman–Crippen MR) is 54.6 cm³/mol. The Hall–Kier alpha value is -1.85. The maximum atomic E-state index is 10.9. The van der Waals surface area contributed by atoms with E-state index in [-0.39, 0.29) is 5.78 Å². The third kappa shape index (κ3) is 2.32. The van der Waals surface area contributed by atoms with Crippen LogP contribution in [0.4, 0.5) is 5.82 Å². The molecule has 1 aromatic heterocycles. The molecule has 0 saturated carbocycles. The monoisotopic (exact) mass is 195 g/mol. The second-order valence-corrected chi connectivity index (χ2v) is 2.67. The molecule has 14 heavy (non-hydrogen) atoms. The Labute approximate surface area is 81.8 Å². The number of aromatic nitrogens is 2. The molecule has 0 amide bonds. The fraction of sp³-hybridized carbons (Fsp3) is 0.375. The molecule has 1 rings (SSSR count). The Morgan fingerprint density at radius 2 is 2.36 bits per heavy atom. The molecule has 0 unspecified atom stereocenters. The van der Waals surface area contributed by atoms with E-state index in [9.17, 15) is 4.79 Å². The molecule has 6 nitrogen and oxygen atoms in total. The van der Waals surface area contributed by atoms with Crippen LogP contribution in [0.2, 0.25) is 0 Å². The highest BCUT2D eigenvalue weighted by atomic mass is 16.1. The summed E-state index contributed by atoms with van der Waals surface area (Å²) in [5.41, 5.74) is 0.471. The lowest BCUT2D eigenvalue weighted by molar-refractivity contribution is 0.101. The molecule has 0 spiro atoms. The molecule has 0 aliphatic rings. The van der Waals surface area contributed by atoms with Crippen LogP contribution in [0.25, 0.3) is 0 Å². The van der Waals surface area contributed by atoms with E-state index in [1.807, 2.05) is 0 Å². The Bertz CT molecular complexity index is 354. The van der Waals surface area contributed by atoms with Gasteiger partial charge in [-0.15, -0.1) is 0 Å². The van der Waals surface area contributed by atoms with Crippen molar-refractivity contribution in [1.29, 1.82) is 0 Å². The number of nitrogens with zero attached hydrogens (tertiary/aromatic N) is 2. The fourth-order valence-corrected chi connectivity index (χ4v) is 0.918. The first-order valence-electron chi connectivity index (χ1n) is 4.15. The summed E-state index contributed by atoms with van der Waals surface area (Å²) in [5.74, 6) is 1.10. The SMILES string of the molecule is CN=C(NC)Nc1cc(C(C)=O)[nH]n1. The van der Waals surface area contributed by atoms with E-state index >= 15 is 0 Å². The van der Waals surface area contributed by atoms with Crippen LogP contribution in [0, 0.1) is 0 Å². The van der Waals surface area contributed by atoms with Gasteiger partial charge < -0.3 is 10.6 Å². The number of aliphatic imine (C=N–C) groups is 1. The lowest BCUT2D eigenvalue weighted by atomic mass is 10.3. The van der Waals surface area contributed by atoms with Crippen molar-refractivity contribution in [3.05, 3.63) is 11.8 Å². The third-order valence-corrected chi connectivity index (χ3v) is 1.66. The van der Waals surface area contributed by atoms with Gasteiger partial charge in [0.05, 0.1) is 0 Å². The summed E-state index contributed by atoms with van der Waals surface area (Å²) in [6.45, 7) is 1.48. The van der Waals surface area contributed by atoms with E-state index in [1.54, 1.807) is 20.2 Å². The van der Waals surface area contributed by atoms with Crippen molar-refractivity contribution in [3.63, 3.8) is 0 Å². The Balaban J connectivity index is 2.73. The molecule has 0 fully saturated rings. The van der Waals surface area contributed by atoms with Gasteiger partial charge in [0, 0.05) is 27.1 Å². The van der Waals surface area contributed by atoms with Crippen LogP contribution in [0.15, 0.2) is 11.1 Å². The van der Waals surface area contributed by atoms with E-state index in [2.05, 4.69) is 25.8 Å². The fourth-order valence-electron chi connectivity index (χ4n) is 0.918. The minimum absolute atomic E-state index is 0.0509. The van der Waals surface area contributed by atoms with Gasteiger partial charge in [-0.2, -0.15) is 5.10 Å². The van der Waals surface area contributed by atoms with Gasteiger partial charge in [0.2, 0.25) is 0 Å². The highest BCUT2D eigenvalue weighted by Crippen LogP contribution is 2.05. The maximum Gasteiger partial charge on any atom is 0.196 e. The summed E-state index contributed by atoms with van der Waals surface area (Å²) >= 11 is 0. The van der Waals surface area contributed by atoms with Gasteiger partial charge in [-0.05, 0) is 0 Å². The zero-order valence-electron chi connectivity index (χ0n) is 8.38. The summed E-state index contributed by atoms with van der Waals surface area (Å²) < 4.78 is 0. The molecule has 76 valence electrons. The molecule has 0 saturated heterocycles. The summed E-state index contributed by atoms with van der Waals surface area (Å²) in [6.07, 6.45) is 0. The number of ketones is 1. The number of H-pyrrole nitrogens is 1. The average molecular weight is 195 g/mol. The zero-order valence-corrected chi connectivity index (χ0v) is 8.38. The molecular formula is C8H13N5O. The van der Waals surface area contributed by atoms with Gasteiger partial charge in [-0.25, -0.2) is 0 Å². The first kappa shape index (κ1) is 10.2. The maximum absolute atomic E-state index is 10.9. The molecule has 0 aliphatic heterocycles. The molecule has 0 atom stereocenters. The number of nitrogens with one attached hydrogen (secondary N) is 3. The lowest BCUT2D eigenvalue weighted by Gasteiger charge is -2.03. The lowest BCUT2D eigenvalue weighted by Crippen LogP contribution is -2.26. The summed E-state index contributed by atoms with van der Waals surface area (Å²) in [7, 11) is 3.39. The molecule has 0 aromatic carbocycles. The Morgan fingerprint density at radius 3 is 2.79 bits per heavy atom. The molecule has 6 heteroatoms.